The Morgan fingerprint density at radius 1 is 1.14 bits per heavy atom. The van der Waals surface area contributed by atoms with Crippen LogP contribution in [0, 0.1) is 0 Å². The van der Waals surface area contributed by atoms with Gasteiger partial charge in [0.25, 0.3) is 0 Å². The highest BCUT2D eigenvalue weighted by atomic mass is 32.2. The molecule has 1 aliphatic rings. The number of rotatable bonds is 9. The summed E-state index contributed by atoms with van der Waals surface area (Å²) in [5.74, 6) is 1.28. The summed E-state index contributed by atoms with van der Waals surface area (Å²) in [6, 6.07) is 3.95. The molecule has 6 nitrogen and oxygen atoms in total. The number of nitrogens with zero attached hydrogens (tertiary/aromatic N) is 2. The van der Waals surface area contributed by atoms with Crippen molar-refractivity contribution >= 4 is 21.4 Å². The van der Waals surface area contributed by atoms with Crippen molar-refractivity contribution in [1.29, 1.82) is 0 Å². The molecule has 0 saturated carbocycles. The molecule has 0 N–H and O–H groups in total. The molecule has 2 heterocycles. The lowest BCUT2D eigenvalue weighted by Crippen LogP contribution is -2.45. The van der Waals surface area contributed by atoms with Crippen LogP contribution in [0.5, 0.6) is 0 Å². The van der Waals surface area contributed by atoms with E-state index in [0.29, 0.717) is 19.3 Å². The number of morpholine rings is 1. The monoisotopic (exact) mass is 424 g/mol. The summed E-state index contributed by atoms with van der Waals surface area (Å²) in [4.78, 5) is 19.0. The predicted octanol–water partition coefficient (Wildman–Crippen LogP) is 3.58. The van der Waals surface area contributed by atoms with E-state index in [1.165, 1.54) is 0 Å². The number of hydrogen-bond acceptors (Lipinski definition) is 6. The van der Waals surface area contributed by atoms with Crippen LogP contribution >= 0.6 is 0 Å². The van der Waals surface area contributed by atoms with Gasteiger partial charge >= 0.3 is 0 Å². The van der Waals surface area contributed by atoms with Gasteiger partial charge in [-0.15, -0.1) is 0 Å². The van der Waals surface area contributed by atoms with Gasteiger partial charge in [0.1, 0.15) is 11.6 Å². The number of hydrogen-bond donors (Lipinski definition) is 0. The second-order valence-electron chi connectivity index (χ2n) is 9.14. The van der Waals surface area contributed by atoms with Gasteiger partial charge in [-0.25, -0.2) is 13.4 Å². The van der Waals surface area contributed by atoms with Crippen molar-refractivity contribution < 1.29 is 17.9 Å². The van der Waals surface area contributed by atoms with Crippen LogP contribution in [0.4, 0.5) is 5.82 Å². The van der Waals surface area contributed by atoms with Gasteiger partial charge in [0.15, 0.2) is 9.84 Å². The van der Waals surface area contributed by atoms with E-state index in [0.717, 1.165) is 37.3 Å². The molecule has 0 amide bonds. The number of pyridine rings is 1. The molecule has 1 aliphatic heterocycles. The molecule has 1 aromatic heterocycles. The molecule has 29 heavy (non-hydrogen) atoms. The lowest BCUT2D eigenvalue weighted by molar-refractivity contribution is -0.118. The minimum atomic E-state index is -3.07. The number of aromatic nitrogens is 1. The number of sulfone groups is 1. The maximum atomic E-state index is 12.2. The summed E-state index contributed by atoms with van der Waals surface area (Å²) >= 11 is 0. The summed E-state index contributed by atoms with van der Waals surface area (Å²) in [5, 5.41) is 0. The van der Waals surface area contributed by atoms with Crippen LogP contribution in [0.25, 0.3) is 0 Å². The molecule has 0 aliphatic carbocycles. The van der Waals surface area contributed by atoms with E-state index in [1.807, 2.05) is 12.1 Å². The zero-order valence-electron chi connectivity index (χ0n) is 18.5. The van der Waals surface area contributed by atoms with Crippen molar-refractivity contribution in [1.82, 2.24) is 4.98 Å². The predicted molar refractivity (Wildman–Crippen MR) is 117 cm³/mol. The van der Waals surface area contributed by atoms with Crippen molar-refractivity contribution in [3.63, 3.8) is 0 Å². The first-order valence-corrected chi connectivity index (χ1v) is 12.2. The van der Waals surface area contributed by atoms with E-state index in [2.05, 4.69) is 23.7 Å². The Hall–Kier alpha value is -1.47. The molecular weight excluding hydrogens is 388 g/mol. The fraction of sp³-hybridized carbons (Fsp3) is 0.727. The van der Waals surface area contributed by atoms with Crippen molar-refractivity contribution in [2.45, 2.75) is 83.7 Å². The minimum absolute atomic E-state index is 0.173. The Morgan fingerprint density at radius 3 is 2.34 bits per heavy atom. The molecule has 0 radical (unpaired) electrons. The average molecular weight is 425 g/mol. The number of carbonyl (C=O) groups excluding carboxylic acids is 1. The molecule has 0 aromatic carbocycles. The van der Waals surface area contributed by atoms with Gasteiger partial charge in [-0.1, -0.05) is 12.5 Å². The molecule has 2 atom stereocenters. The summed E-state index contributed by atoms with van der Waals surface area (Å²) in [6.07, 6.45) is 5.10. The second kappa shape index (κ2) is 10.0. The number of ketones is 1. The molecule has 1 aromatic rings. The topological polar surface area (TPSA) is 76.6 Å². The molecular formula is C22H36N2O4S. The van der Waals surface area contributed by atoms with Gasteiger partial charge in [-0.05, 0) is 59.1 Å². The first-order valence-electron chi connectivity index (χ1n) is 10.6. The van der Waals surface area contributed by atoms with Gasteiger partial charge < -0.3 is 9.64 Å². The molecule has 1 saturated heterocycles. The molecule has 0 spiro atoms. The number of Topliss-reactive ketones (excluding diaryl/α,β-unsaturated/α-hetero) is 1. The van der Waals surface area contributed by atoms with Crippen molar-refractivity contribution in [3.05, 3.63) is 23.9 Å². The Balaban J connectivity index is 1.73. The number of anilines is 1. The third kappa shape index (κ3) is 7.37. The SMILES string of the molecule is C[C@@H]1CN(c2ccc(CC(=O)CCCCCS(=O)(=O)C(C)(C)C)cn2)C[C@@H](C)O1. The van der Waals surface area contributed by atoms with Crippen LogP contribution < -0.4 is 4.90 Å². The maximum Gasteiger partial charge on any atom is 0.155 e. The Bertz CT molecular complexity index is 759. The van der Waals surface area contributed by atoms with Gasteiger partial charge in [0.05, 0.1) is 22.7 Å². The summed E-state index contributed by atoms with van der Waals surface area (Å²) in [6.45, 7) is 11.0. The highest BCUT2D eigenvalue weighted by Gasteiger charge is 2.28. The Morgan fingerprint density at radius 2 is 1.79 bits per heavy atom. The quantitative estimate of drug-likeness (QED) is 0.564. The van der Waals surface area contributed by atoms with Gasteiger partial charge in [0.2, 0.25) is 0 Å². The lowest BCUT2D eigenvalue weighted by Gasteiger charge is -2.36. The highest BCUT2D eigenvalue weighted by molar-refractivity contribution is 7.92. The molecule has 2 rings (SSSR count). The van der Waals surface area contributed by atoms with Crippen LogP contribution in [0.3, 0.4) is 0 Å². The van der Waals surface area contributed by atoms with Crippen LogP contribution in [-0.2, 0) is 25.8 Å². The summed E-state index contributed by atoms with van der Waals surface area (Å²) < 4.78 is 29.2. The number of unbranched alkanes of at least 4 members (excludes halogenated alkanes) is 2. The van der Waals surface area contributed by atoms with Crippen LogP contribution in [-0.4, -0.2) is 55.0 Å². The number of carbonyl (C=O) groups is 1. The van der Waals surface area contributed by atoms with Gasteiger partial charge in [0, 0.05) is 32.1 Å². The smallest absolute Gasteiger partial charge is 0.155 e. The zero-order chi connectivity index (χ0) is 21.7. The minimum Gasteiger partial charge on any atom is -0.372 e. The Kier molecular flexibility index (Phi) is 8.23. The molecule has 7 heteroatoms. The first-order chi connectivity index (χ1) is 13.5. The van der Waals surface area contributed by atoms with Crippen LogP contribution in [0.1, 0.15) is 65.9 Å². The van der Waals surface area contributed by atoms with Crippen LogP contribution in [0.15, 0.2) is 18.3 Å². The third-order valence-electron chi connectivity index (χ3n) is 5.26. The largest absolute Gasteiger partial charge is 0.372 e. The lowest BCUT2D eigenvalue weighted by atomic mass is 10.1. The zero-order valence-corrected chi connectivity index (χ0v) is 19.3. The van der Waals surface area contributed by atoms with E-state index in [-0.39, 0.29) is 23.7 Å². The molecule has 164 valence electrons. The molecule has 0 unspecified atom stereocenters. The van der Waals surface area contributed by atoms with E-state index in [1.54, 1.807) is 27.0 Å². The van der Waals surface area contributed by atoms with E-state index in [4.69, 9.17) is 4.74 Å². The second-order valence-corrected chi connectivity index (χ2v) is 12.0. The standard InChI is InChI=1S/C22H36N2O4S/c1-17-15-24(16-18(2)28-17)21-11-10-19(14-23-21)13-20(25)9-7-6-8-12-29(26,27)22(3,4)5/h10-11,14,17-18H,6-9,12-13,15-16H2,1-5H3/t17-,18-/m1/s1. The fourth-order valence-electron chi connectivity index (χ4n) is 3.49. The highest BCUT2D eigenvalue weighted by Crippen LogP contribution is 2.20. The van der Waals surface area contributed by atoms with Crippen molar-refractivity contribution in [2.24, 2.45) is 0 Å². The van der Waals surface area contributed by atoms with Crippen molar-refractivity contribution in [2.75, 3.05) is 23.7 Å². The van der Waals surface area contributed by atoms with Crippen molar-refractivity contribution in [3.8, 4) is 0 Å². The summed E-state index contributed by atoms with van der Waals surface area (Å²) in [5.41, 5.74) is 0.920. The van der Waals surface area contributed by atoms with Gasteiger partial charge in [-0.3, -0.25) is 4.79 Å². The average Bonchev–Trinajstić information content (AvgIpc) is 2.60. The number of ether oxygens (including phenoxy) is 1. The summed E-state index contributed by atoms with van der Waals surface area (Å²) in [7, 11) is -3.07. The first kappa shape index (κ1) is 23.8. The van der Waals surface area contributed by atoms with E-state index in [9.17, 15) is 13.2 Å². The Labute approximate surface area is 176 Å². The molecule has 1 fully saturated rings. The molecule has 0 bridgehead atoms. The van der Waals surface area contributed by atoms with Gasteiger partial charge in [-0.2, -0.15) is 0 Å². The normalized spacial score (nSPS) is 20.7. The fourth-order valence-corrected chi connectivity index (χ4v) is 4.68. The maximum absolute atomic E-state index is 12.2. The van der Waals surface area contributed by atoms with E-state index >= 15 is 0 Å². The van der Waals surface area contributed by atoms with E-state index < -0.39 is 14.6 Å². The third-order valence-corrected chi connectivity index (χ3v) is 7.95. The van der Waals surface area contributed by atoms with Crippen LogP contribution in [0.2, 0.25) is 0 Å².